The van der Waals surface area contributed by atoms with Crippen LogP contribution in [0.1, 0.15) is 36.5 Å². The predicted octanol–water partition coefficient (Wildman–Crippen LogP) is 2.63. The average Bonchev–Trinajstić information content (AvgIpc) is 2.59. The van der Waals surface area contributed by atoms with Crippen LogP contribution in [0.3, 0.4) is 0 Å². The maximum absolute atomic E-state index is 12.7. The summed E-state index contributed by atoms with van der Waals surface area (Å²) in [5, 5.41) is 13.9. The Kier molecular flexibility index (Phi) is 6.14. The summed E-state index contributed by atoms with van der Waals surface area (Å²) >= 11 is 6.03. The SMILES string of the molecule is CCCNC(=O)C1CCCN(C(=O)c2cc([N+](=O)[O-])ccc2Cl)C1. The Morgan fingerprint density at radius 1 is 1.46 bits per heavy atom. The second kappa shape index (κ2) is 8.10. The zero-order valence-corrected chi connectivity index (χ0v) is 14.2. The van der Waals surface area contributed by atoms with Gasteiger partial charge in [-0.25, -0.2) is 0 Å². The molecule has 1 saturated heterocycles. The van der Waals surface area contributed by atoms with E-state index in [9.17, 15) is 19.7 Å². The van der Waals surface area contributed by atoms with Gasteiger partial charge in [0, 0.05) is 31.8 Å². The van der Waals surface area contributed by atoms with E-state index in [1.165, 1.54) is 18.2 Å². The molecule has 0 saturated carbocycles. The average molecular weight is 354 g/mol. The van der Waals surface area contributed by atoms with E-state index < -0.39 is 4.92 Å². The molecule has 0 bridgehead atoms. The molecular formula is C16H20ClN3O4. The van der Waals surface area contributed by atoms with Crippen LogP contribution in [0.5, 0.6) is 0 Å². The van der Waals surface area contributed by atoms with Crippen LogP contribution in [-0.4, -0.2) is 41.3 Å². The molecule has 8 heteroatoms. The van der Waals surface area contributed by atoms with Crippen LogP contribution in [-0.2, 0) is 4.79 Å². The number of rotatable bonds is 5. The maximum atomic E-state index is 12.7. The minimum absolute atomic E-state index is 0.0560. The number of piperidine rings is 1. The molecule has 1 aromatic rings. The lowest BCUT2D eigenvalue weighted by Crippen LogP contribution is -2.45. The van der Waals surface area contributed by atoms with E-state index in [1.807, 2.05) is 6.92 Å². The van der Waals surface area contributed by atoms with Gasteiger partial charge < -0.3 is 10.2 Å². The molecule has 0 aromatic heterocycles. The second-order valence-electron chi connectivity index (χ2n) is 5.80. The zero-order valence-electron chi connectivity index (χ0n) is 13.5. The highest BCUT2D eigenvalue weighted by Crippen LogP contribution is 2.26. The molecule has 1 heterocycles. The molecule has 1 atom stereocenters. The molecule has 7 nitrogen and oxygen atoms in total. The Balaban J connectivity index is 2.13. The van der Waals surface area contributed by atoms with E-state index in [1.54, 1.807) is 4.90 Å². The molecule has 1 aliphatic rings. The molecule has 1 unspecified atom stereocenters. The number of halogens is 1. The molecular weight excluding hydrogens is 334 g/mol. The number of hydrogen-bond acceptors (Lipinski definition) is 4. The van der Waals surface area contributed by atoms with Crippen molar-refractivity contribution in [1.82, 2.24) is 10.2 Å². The lowest BCUT2D eigenvalue weighted by molar-refractivity contribution is -0.384. The number of amides is 2. The summed E-state index contributed by atoms with van der Waals surface area (Å²) < 4.78 is 0. The first-order chi connectivity index (χ1) is 11.4. The number of nitro groups is 1. The molecule has 2 amide bonds. The third-order valence-corrected chi connectivity index (χ3v) is 4.35. The van der Waals surface area contributed by atoms with E-state index in [0.29, 0.717) is 26.1 Å². The van der Waals surface area contributed by atoms with E-state index in [4.69, 9.17) is 11.6 Å². The zero-order chi connectivity index (χ0) is 17.7. The molecule has 0 radical (unpaired) electrons. The van der Waals surface area contributed by atoms with Crippen LogP contribution in [0.4, 0.5) is 5.69 Å². The van der Waals surface area contributed by atoms with Crippen molar-refractivity contribution in [3.63, 3.8) is 0 Å². The van der Waals surface area contributed by atoms with Crippen molar-refractivity contribution in [3.05, 3.63) is 38.9 Å². The van der Waals surface area contributed by atoms with Crippen molar-refractivity contribution >= 4 is 29.1 Å². The van der Waals surface area contributed by atoms with Gasteiger partial charge in [0.1, 0.15) is 0 Å². The minimum atomic E-state index is -0.565. The Bertz CT molecular complexity index is 650. The predicted molar refractivity (Wildman–Crippen MR) is 90.0 cm³/mol. The van der Waals surface area contributed by atoms with Gasteiger partial charge in [0.25, 0.3) is 11.6 Å². The molecule has 1 aliphatic heterocycles. The summed E-state index contributed by atoms with van der Waals surface area (Å²) in [6, 6.07) is 3.80. The van der Waals surface area contributed by atoms with Gasteiger partial charge in [-0.3, -0.25) is 19.7 Å². The molecule has 1 fully saturated rings. The Morgan fingerprint density at radius 3 is 2.88 bits per heavy atom. The van der Waals surface area contributed by atoms with Crippen LogP contribution >= 0.6 is 11.6 Å². The number of nitrogens with zero attached hydrogens (tertiary/aromatic N) is 2. The number of likely N-dealkylation sites (tertiary alicyclic amines) is 1. The van der Waals surface area contributed by atoms with Crippen molar-refractivity contribution < 1.29 is 14.5 Å². The third-order valence-electron chi connectivity index (χ3n) is 4.02. The number of nitro benzene ring substituents is 1. The molecule has 2 rings (SSSR count). The first-order valence-corrected chi connectivity index (χ1v) is 8.32. The molecule has 1 aromatic carbocycles. The van der Waals surface area contributed by atoms with Crippen LogP contribution in [0.15, 0.2) is 18.2 Å². The Hall–Kier alpha value is -2.15. The van der Waals surface area contributed by atoms with E-state index in [-0.39, 0.29) is 34.0 Å². The number of hydrogen-bond donors (Lipinski definition) is 1. The Labute approximate surface area is 145 Å². The summed E-state index contributed by atoms with van der Waals surface area (Å²) in [5.41, 5.74) is -0.0857. The normalized spacial score (nSPS) is 17.4. The lowest BCUT2D eigenvalue weighted by Gasteiger charge is -2.32. The van der Waals surface area contributed by atoms with Gasteiger partial charge in [0.2, 0.25) is 5.91 Å². The van der Waals surface area contributed by atoms with Gasteiger partial charge in [-0.05, 0) is 25.3 Å². The summed E-state index contributed by atoms with van der Waals surface area (Å²) in [6.45, 7) is 3.39. The largest absolute Gasteiger partial charge is 0.356 e. The smallest absolute Gasteiger partial charge is 0.270 e. The lowest BCUT2D eigenvalue weighted by atomic mass is 9.96. The van der Waals surface area contributed by atoms with Crippen LogP contribution in [0.25, 0.3) is 0 Å². The second-order valence-corrected chi connectivity index (χ2v) is 6.21. The van der Waals surface area contributed by atoms with E-state index in [2.05, 4.69) is 5.32 Å². The van der Waals surface area contributed by atoms with Crippen molar-refractivity contribution in [3.8, 4) is 0 Å². The summed E-state index contributed by atoms with van der Waals surface area (Å²) in [6.07, 6.45) is 2.29. The van der Waals surface area contributed by atoms with Crippen LogP contribution in [0, 0.1) is 16.0 Å². The van der Waals surface area contributed by atoms with Gasteiger partial charge in [0.05, 0.1) is 21.4 Å². The van der Waals surface area contributed by atoms with E-state index in [0.717, 1.165) is 12.8 Å². The monoisotopic (exact) mass is 353 g/mol. The molecule has 0 aliphatic carbocycles. The number of carbonyl (C=O) groups excluding carboxylic acids is 2. The Morgan fingerprint density at radius 2 is 2.21 bits per heavy atom. The van der Waals surface area contributed by atoms with Gasteiger partial charge in [-0.2, -0.15) is 0 Å². The molecule has 130 valence electrons. The van der Waals surface area contributed by atoms with Gasteiger partial charge in [-0.1, -0.05) is 18.5 Å². The topological polar surface area (TPSA) is 92.6 Å². The fourth-order valence-electron chi connectivity index (χ4n) is 2.73. The number of benzene rings is 1. The molecule has 24 heavy (non-hydrogen) atoms. The van der Waals surface area contributed by atoms with Gasteiger partial charge in [0.15, 0.2) is 0 Å². The van der Waals surface area contributed by atoms with Crippen LogP contribution < -0.4 is 5.32 Å². The fourth-order valence-corrected chi connectivity index (χ4v) is 2.93. The van der Waals surface area contributed by atoms with Crippen molar-refractivity contribution in [2.45, 2.75) is 26.2 Å². The van der Waals surface area contributed by atoms with Crippen molar-refractivity contribution in [1.29, 1.82) is 0 Å². The standard InChI is InChI=1S/C16H20ClN3O4/c1-2-7-18-15(21)11-4-3-8-19(10-11)16(22)13-9-12(20(23)24)5-6-14(13)17/h5-6,9,11H,2-4,7-8,10H2,1H3,(H,18,21). The number of carbonyl (C=O) groups is 2. The quantitative estimate of drug-likeness (QED) is 0.650. The van der Waals surface area contributed by atoms with Crippen molar-refractivity contribution in [2.24, 2.45) is 5.92 Å². The summed E-state index contributed by atoms with van der Waals surface area (Å²) in [5.74, 6) is -0.692. The molecule has 1 N–H and O–H groups in total. The summed E-state index contributed by atoms with van der Waals surface area (Å²) in [4.78, 5) is 36.6. The highest BCUT2D eigenvalue weighted by atomic mass is 35.5. The van der Waals surface area contributed by atoms with Crippen molar-refractivity contribution in [2.75, 3.05) is 19.6 Å². The van der Waals surface area contributed by atoms with Crippen LogP contribution in [0.2, 0.25) is 5.02 Å². The highest BCUT2D eigenvalue weighted by molar-refractivity contribution is 6.33. The first-order valence-electron chi connectivity index (χ1n) is 7.95. The minimum Gasteiger partial charge on any atom is -0.356 e. The van der Waals surface area contributed by atoms with Gasteiger partial charge in [-0.15, -0.1) is 0 Å². The first kappa shape index (κ1) is 18.2. The van der Waals surface area contributed by atoms with E-state index >= 15 is 0 Å². The maximum Gasteiger partial charge on any atom is 0.270 e. The van der Waals surface area contributed by atoms with Gasteiger partial charge >= 0.3 is 0 Å². The summed E-state index contributed by atoms with van der Waals surface area (Å²) in [7, 11) is 0. The fraction of sp³-hybridized carbons (Fsp3) is 0.500. The highest BCUT2D eigenvalue weighted by Gasteiger charge is 2.30. The number of non-ortho nitro benzene ring substituents is 1. The number of nitrogens with one attached hydrogen (secondary N) is 1. The third kappa shape index (κ3) is 4.23. The molecule has 0 spiro atoms.